The third-order valence-electron chi connectivity index (χ3n) is 1.43. The van der Waals surface area contributed by atoms with Crippen LogP contribution in [0.5, 0.6) is 0 Å². The van der Waals surface area contributed by atoms with E-state index in [1.165, 1.54) is 0 Å². The number of hydrogen-bond acceptors (Lipinski definition) is 2. The van der Waals surface area contributed by atoms with Crippen LogP contribution in [0.4, 0.5) is 4.79 Å². The molecule has 0 saturated carbocycles. The predicted molar refractivity (Wildman–Crippen MR) is 39.1 cm³/mol. The van der Waals surface area contributed by atoms with E-state index < -0.39 is 15.8 Å². The molecule has 0 spiro atoms. The highest BCUT2D eigenvalue weighted by Crippen LogP contribution is 2.12. The molecule has 0 aliphatic carbocycles. The van der Waals surface area contributed by atoms with Gasteiger partial charge in [-0.25, -0.2) is 9.00 Å². The van der Waals surface area contributed by atoms with Gasteiger partial charge in [-0.3, -0.25) is 0 Å². The first-order chi connectivity index (χ1) is 4.62. The lowest BCUT2D eigenvalue weighted by atomic mass is 10.4. The normalized spacial score (nSPS) is 22.4. The molecule has 1 saturated heterocycles. The van der Waals surface area contributed by atoms with Gasteiger partial charge in [-0.2, -0.15) is 0 Å². The third kappa shape index (κ3) is 1.70. The second kappa shape index (κ2) is 2.57. The highest BCUT2D eigenvalue weighted by atomic mass is 32.2. The van der Waals surface area contributed by atoms with Crippen molar-refractivity contribution in [1.82, 2.24) is 0 Å². The lowest BCUT2D eigenvalue weighted by Gasteiger charge is -1.94. The van der Waals surface area contributed by atoms with Crippen molar-refractivity contribution in [2.24, 2.45) is 10.1 Å². The van der Waals surface area contributed by atoms with E-state index in [9.17, 15) is 9.00 Å². The standard InChI is InChI=1S/C5H10N2O2S/c6-5(8)7-10(9)3-1-2-4-10/h1-4H2,(H2,6,8). The zero-order valence-electron chi connectivity index (χ0n) is 5.58. The van der Waals surface area contributed by atoms with Crippen molar-refractivity contribution in [3.05, 3.63) is 0 Å². The van der Waals surface area contributed by atoms with Crippen LogP contribution in [-0.2, 0) is 9.73 Å². The monoisotopic (exact) mass is 162 g/mol. The number of nitrogens with two attached hydrogens (primary N) is 1. The van der Waals surface area contributed by atoms with Crippen LogP contribution in [-0.4, -0.2) is 21.7 Å². The Hall–Kier alpha value is -0.580. The van der Waals surface area contributed by atoms with Crippen LogP contribution in [0.25, 0.3) is 0 Å². The van der Waals surface area contributed by atoms with Gasteiger partial charge in [0.25, 0.3) is 0 Å². The van der Waals surface area contributed by atoms with Gasteiger partial charge in [0.1, 0.15) is 0 Å². The average Bonchev–Trinajstić information content (AvgIpc) is 2.12. The first-order valence-electron chi connectivity index (χ1n) is 3.14. The molecule has 58 valence electrons. The summed E-state index contributed by atoms with van der Waals surface area (Å²) in [5.74, 6) is 1.08. The van der Waals surface area contributed by atoms with Crippen LogP contribution < -0.4 is 5.73 Å². The molecule has 2 amide bonds. The number of urea groups is 1. The fourth-order valence-corrected chi connectivity index (χ4v) is 3.04. The fraction of sp³-hybridized carbons (Fsp3) is 0.800. The molecule has 2 N–H and O–H groups in total. The van der Waals surface area contributed by atoms with Gasteiger partial charge in [0, 0.05) is 11.5 Å². The smallest absolute Gasteiger partial charge is 0.346 e. The summed E-state index contributed by atoms with van der Waals surface area (Å²) in [5, 5.41) is 0. The molecule has 4 nitrogen and oxygen atoms in total. The van der Waals surface area contributed by atoms with Crippen LogP contribution in [0.2, 0.25) is 0 Å². The van der Waals surface area contributed by atoms with Gasteiger partial charge in [0.05, 0.1) is 9.73 Å². The minimum atomic E-state index is -2.20. The Morgan fingerprint density at radius 2 is 1.90 bits per heavy atom. The first-order valence-corrected chi connectivity index (χ1v) is 5.00. The zero-order valence-corrected chi connectivity index (χ0v) is 6.39. The Bertz CT molecular complexity index is 240. The van der Waals surface area contributed by atoms with Crippen LogP contribution in [0.3, 0.4) is 0 Å². The summed E-state index contributed by atoms with van der Waals surface area (Å²) in [7, 11) is -2.20. The van der Waals surface area contributed by atoms with E-state index in [0.717, 1.165) is 12.8 Å². The van der Waals surface area contributed by atoms with E-state index in [0.29, 0.717) is 11.5 Å². The molecule has 1 rings (SSSR count). The maximum Gasteiger partial charge on any atom is 0.346 e. The van der Waals surface area contributed by atoms with Gasteiger partial charge >= 0.3 is 6.03 Å². The van der Waals surface area contributed by atoms with Crippen molar-refractivity contribution in [1.29, 1.82) is 0 Å². The maximum atomic E-state index is 11.3. The summed E-state index contributed by atoms with van der Waals surface area (Å²) < 4.78 is 14.7. The lowest BCUT2D eigenvalue weighted by molar-refractivity contribution is 0.257. The molecule has 1 fully saturated rings. The molecule has 0 bridgehead atoms. The third-order valence-corrected chi connectivity index (χ3v) is 3.80. The minimum Gasteiger partial charge on any atom is -0.349 e. The lowest BCUT2D eigenvalue weighted by Crippen LogP contribution is -2.10. The molecule has 1 aliphatic rings. The molecular formula is C5H10N2O2S. The Balaban J connectivity index is 2.87. The van der Waals surface area contributed by atoms with Gasteiger partial charge in [-0.05, 0) is 12.8 Å². The highest BCUT2D eigenvalue weighted by Gasteiger charge is 2.16. The number of carbonyl (C=O) groups is 1. The molecule has 5 heteroatoms. The SMILES string of the molecule is NC(=O)N=S1(=O)CCCC1. The van der Waals surface area contributed by atoms with Crippen LogP contribution in [0.1, 0.15) is 12.8 Å². The summed E-state index contributed by atoms with van der Waals surface area (Å²) in [5.41, 5.74) is 4.77. The highest BCUT2D eigenvalue weighted by molar-refractivity contribution is 7.94. The average molecular weight is 162 g/mol. The Kier molecular flexibility index (Phi) is 1.94. The minimum absolute atomic E-state index is 0.538. The summed E-state index contributed by atoms with van der Waals surface area (Å²) in [4.78, 5) is 10.2. The van der Waals surface area contributed by atoms with Crippen LogP contribution >= 0.6 is 0 Å². The molecule has 0 aromatic heterocycles. The van der Waals surface area contributed by atoms with E-state index in [-0.39, 0.29) is 0 Å². The molecule has 1 heterocycles. The predicted octanol–water partition coefficient (Wildman–Crippen LogP) is 0.327. The first kappa shape index (κ1) is 7.53. The number of hydrogen-bond donors (Lipinski definition) is 1. The number of primary amides is 1. The summed E-state index contributed by atoms with van der Waals surface area (Å²) in [6.07, 6.45) is 1.80. The number of carbonyl (C=O) groups excluding carboxylic acids is 1. The van der Waals surface area contributed by atoms with Crippen LogP contribution in [0.15, 0.2) is 4.36 Å². The molecule has 0 unspecified atom stereocenters. The van der Waals surface area contributed by atoms with Gasteiger partial charge in [-0.1, -0.05) is 0 Å². The van der Waals surface area contributed by atoms with Crippen molar-refractivity contribution >= 4 is 15.8 Å². The number of amides is 2. The largest absolute Gasteiger partial charge is 0.349 e. The Morgan fingerprint density at radius 1 is 1.40 bits per heavy atom. The van der Waals surface area contributed by atoms with E-state index >= 15 is 0 Å². The molecule has 1 aliphatic heterocycles. The van der Waals surface area contributed by atoms with Crippen molar-refractivity contribution < 1.29 is 9.00 Å². The van der Waals surface area contributed by atoms with E-state index in [1.807, 2.05) is 0 Å². The van der Waals surface area contributed by atoms with E-state index in [2.05, 4.69) is 4.36 Å². The molecule has 10 heavy (non-hydrogen) atoms. The van der Waals surface area contributed by atoms with Gasteiger partial charge < -0.3 is 5.73 Å². The van der Waals surface area contributed by atoms with Crippen molar-refractivity contribution in [2.45, 2.75) is 12.8 Å². The van der Waals surface area contributed by atoms with Crippen molar-refractivity contribution in [3.8, 4) is 0 Å². The summed E-state index contributed by atoms with van der Waals surface area (Å²) in [6.45, 7) is 0. The molecule has 0 aromatic carbocycles. The topological polar surface area (TPSA) is 72.5 Å². The van der Waals surface area contributed by atoms with Crippen molar-refractivity contribution in [2.75, 3.05) is 11.5 Å². The van der Waals surface area contributed by atoms with Crippen molar-refractivity contribution in [3.63, 3.8) is 0 Å². The van der Waals surface area contributed by atoms with Gasteiger partial charge in [-0.15, -0.1) is 4.36 Å². The second-order valence-electron chi connectivity index (χ2n) is 2.32. The molecular weight excluding hydrogens is 152 g/mol. The molecule has 0 aromatic rings. The van der Waals surface area contributed by atoms with Crippen LogP contribution in [0, 0.1) is 0 Å². The molecule has 0 atom stereocenters. The molecule has 0 radical (unpaired) electrons. The number of nitrogens with zero attached hydrogens (tertiary/aromatic N) is 1. The summed E-state index contributed by atoms with van der Waals surface area (Å²) >= 11 is 0. The van der Waals surface area contributed by atoms with E-state index in [1.54, 1.807) is 0 Å². The summed E-state index contributed by atoms with van der Waals surface area (Å²) in [6, 6.07) is -0.799. The van der Waals surface area contributed by atoms with E-state index in [4.69, 9.17) is 5.73 Å². The quantitative estimate of drug-likeness (QED) is 0.557. The zero-order chi connectivity index (χ0) is 7.61. The maximum absolute atomic E-state index is 11.3. The van der Waals surface area contributed by atoms with Gasteiger partial charge in [0.15, 0.2) is 0 Å². The number of rotatable bonds is 0. The Morgan fingerprint density at radius 3 is 2.30 bits per heavy atom. The fourth-order valence-electron chi connectivity index (χ4n) is 1.01. The van der Waals surface area contributed by atoms with Gasteiger partial charge in [0.2, 0.25) is 0 Å². The second-order valence-corrected chi connectivity index (χ2v) is 4.86. The Labute approximate surface area is 60.0 Å².